The van der Waals surface area contributed by atoms with E-state index in [0.717, 1.165) is 28.7 Å². The highest BCUT2D eigenvalue weighted by molar-refractivity contribution is 6.32. The van der Waals surface area contributed by atoms with Crippen molar-refractivity contribution in [2.24, 2.45) is 0 Å². The molecular weight excluding hydrogens is 512 g/mol. The Morgan fingerprint density at radius 2 is 1.81 bits per heavy atom. The number of carbonyl (C=O) groups is 3. The third kappa shape index (κ3) is 5.22. The van der Waals surface area contributed by atoms with Crippen molar-refractivity contribution in [3.8, 4) is 0 Å². The van der Waals surface area contributed by atoms with E-state index in [4.69, 9.17) is 23.2 Å². The smallest absolute Gasteiger partial charge is 0.288 e. The first kappa shape index (κ1) is 25.3. The van der Waals surface area contributed by atoms with Crippen molar-refractivity contribution < 1.29 is 23.7 Å². The van der Waals surface area contributed by atoms with Crippen LogP contribution in [0.4, 0.5) is 15.8 Å². The monoisotopic (exact) mass is 529 g/mol. The summed E-state index contributed by atoms with van der Waals surface area (Å²) in [6.07, 6.45) is 0.00365. The lowest BCUT2D eigenvalue weighted by Crippen LogP contribution is -2.46. The van der Waals surface area contributed by atoms with Crippen molar-refractivity contribution in [2.75, 3.05) is 11.4 Å². The number of hydrogen-bond donors (Lipinski definition) is 0. The van der Waals surface area contributed by atoms with Crippen molar-refractivity contribution in [1.29, 1.82) is 0 Å². The second-order valence-corrected chi connectivity index (χ2v) is 8.91. The van der Waals surface area contributed by atoms with Crippen LogP contribution in [0.15, 0.2) is 66.7 Å². The van der Waals surface area contributed by atoms with Crippen molar-refractivity contribution in [3.05, 3.63) is 104 Å². The minimum Gasteiger partial charge on any atom is -0.326 e. The van der Waals surface area contributed by atoms with Gasteiger partial charge >= 0.3 is 0 Å². The van der Waals surface area contributed by atoms with Gasteiger partial charge in [-0.1, -0.05) is 35.3 Å². The number of carbonyl (C=O) groups excluding carboxylic acids is 3. The summed E-state index contributed by atoms with van der Waals surface area (Å²) in [5, 5.41) is 11.7. The van der Waals surface area contributed by atoms with Crippen LogP contribution in [0, 0.1) is 15.9 Å². The fraction of sp³-hybridized carbons (Fsp3) is 0.160. The maximum absolute atomic E-state index is 13.5. The summed E-state index contributed by atoms with van der Waals surface area (Å²) < 4.78 is 13.4. The standard InChI is InChI=1S/C25H18Cl2FN3O5/c26-17-3-1-2-15(12-17)10-11-29(24(33)16-4-9-20(27)21(13-16)31(35)36)22-14-23(32)30(25(22)34)19-7-5-18(28)6-8-19/h1-9,12-13,22H,10-11,14H2. The Labute approximate surface area is 215 Å². The van der Waals surface area contributed by atoms with Gasteiger partial charge in [-0.2, -0.15) is 0 Å². The van der Waals surface area contributed by atoms with E-state index in [2.05, 4.69) is 0 Å². The zero-order chi connectivity index (χ0) is 26.0. The van der Waals surface area contributed by atoms with E-state index in [9.17, 15) is 28.9 Å². The minimum absolute atomic E-state index is 0.0243. The number of halogens is 3. The van der Waals surface area contributed by atoms with Crippen LogP contribution in [0.5, 0.6) is 0 Å². The summed E-state index contributed by atoms with van der Waals surface area (Å²) in [5.41, 5.74) is 0.449. The van der Waals surface area contributed by atoms with E-state index < -0.39 is 40.2 Å². The molecule has 3 amide bonds. The van der Waals surface area contributed by atoms with Gasteiger partial charge < -0.3 is 4.90 Å². The van der Waals surface area contributed by atoms with E-state index >= 15 is 0 Å². The molecule has 0 radical (unpaired) electrons. The average molecular weight is 530 g/mol. The molecule has 0 saturated carbocycles. The first-order valence-corrected chi connectivity index (χ1v) is 11.5. The van der Waals surface area contributed by atoms with Gasteiger partial charge in [-0.25, -0.2) is 9.29 Å². The molecule has 0 aromatic heterocycles. The number of benzene rings is 3. The van der Waals surface area contributed by atoms with Gasteiger partial charge in [-0.15, -0.1) is 0 Å². The Kier molecular flexibility index (Phi) is 7.32. The lowest BCUT2D eigenvalue weighted by molar-refractivity contribution is -0.384. The molecule has 0 N–H and O–H groups in total. The highest BCUT2D eigenvalue weighted by Gasteiger charge is 2.44. The summed E-state index contributed by atoms with van der Waals surface area (Å²) in [7, 11) is 0. The Morgan fingerprint density at radius 3 is 2.47 bits per heavy atom. The molecule has 3 aromatic rings. The van der Waals surface area contributed by atoms with Crippen molar-refractivity contribution in [3.63, 3.8) is 0 Å². The van der Waals surface area contributed by atoms with Gasteiger partial charge in [0, 0.05) is 23.2 Å². The van der Waals surface area contributed by atoms with Gasteiger partial charge in [0.2, 0.25) is 5.91 Å². The second-order valence-electron chi connectivity index (χ2n) is 8.07. The maximum atomic E-state index is 13.5. The van der Waals surface area contributed by atoms with Gasteiger partial charge in [0.1, 0.15) is 16.9 Å². The van der Waals surface area contributed by atoms with Gasteiger partial charge in [-0.05, 0) is 60.5 Å². The fourth-order valence-electron chi connectivity index (χ4n) is 4.01. The number of hydrogen-bond acceptors (Lipinski definition) is 5. The molecular formula is C25H18Cl2FN3O5. The van der Waals surface area contributed by atoms with E-state index in [1.165, 1.54) is 29.2 Å². The second kappa shape index (κ2) is 10.4. The van der Waals surface area contributed by atoms with Crippen LogP contribution < -0.4 is 4.90 Å². The fourth-order valence-corrected chi connectivity index (χ4v) is 4.41. The Bertz CT molecular complexity index is 1370. The Morgan fingerprint density at radius 1 is 1.08 bits per heavy atom. The van der Waals surface area contributed by atoms with Crippen LogP contribution in [0.3, 0.4) is 0 Å². The minimum atomic E-state index is -1.16. The molecule has 0 bridgehead atoms. The predicted octanol–water partition coefficient (Wildman–Crippen LogP) is 5.06. The largest absolute Gasteiger partial charge is 0.326 e. The van der Waals surface area contributed by atoms with Gasteiger partial charge in [0.15, 0.2) is 0 Å². The summed E-state index contributed by atoms with van der Waals surface area (Å²) >= 11 is 11.9. The lowest BCUT2D eigenvalue weighted by Gasteiger charge is -2.28. The maximum Gasteiger partial charge on any atom is 0.288 e. The van der Waals surface area contributed by atoms with Crippen LogP contribution in [0.2, 0.25) is 10.0 Å². The number of nitro groups is 1. The number of rotatable bonds is 7. The number of nitro benzene ring substituents is 1. The van der Waals surface area contributed by atoms with Gasteiger partial charge in [0.25, 0.3) is 17.5 Å². The van der Waals surface area contributed by atoms with Crippen LogP contribution in [0.25, 0.3) is 0 Å². The number of imide groups is 1. The molecule has 3 aromatic carbocycles. The molecule has 4 rings (SSSR count). The van der Waals surface area contributed by atoms with Gasteiger partial charge in [0.05, 0.1) is 17.0 Å². The van der Waals surface area contributed by atoms with Crippen molar-refractivity contribution in [2.45, 2.75) is 18.9 Å². The molecule has 1 saturated heterocycles. The van der Waals surface area contributed by atoms with Crippen LogP contribution >= 0.6 is 23.2 Å². The lowest BCUT2D eigenvalue weighted by atomic mass is 10.1. The quantitative estimate of drug-likeness (QED) is 0.242. The van der Waals surface area contributed by atoms with Crippen LogP contribution in [-0.4, -0.2) is 40.1 Å². The molecule has 1 aliphatic rings. The first-order valence-electron chi connectivity index (χ1n) is 10.8. The summed E-state index contributed by atoms with van der Waals surface area (Å²) in [6.45, 7) is 0.0243. The third-order valence-electron chi connectivity index (χ3n) is 5.76. The Hall–Kier alpha value is -3.82. The van der Waals surface area contributed by atoms with E-state index in [1.54, 1.807) is 24.3 Å². The van der Waals surface area contributed by atoms with E-state index in [0.29, 0.717) is 11.4 Å². The zero-order valence-electron chi connectivity index (χ0n) is 18.6. The molecule has 0 aliphatic carbocycles. The summed E-state index contributed by atoms with van der Waals surface area (Å²) in [5.74, 6) is -2.42. The van der Waals surface area contributed by atoms with Crippen LogP contribution in [0.1, 0.15) is 22.3 Å². The highest BCUT2D eigenvalue weighted by Crippen LogP contribution is 2.29. The third-order valence-corrected chi connectivity index (χ3v) is 6.32. The molecule has 8 nitrogen and oxygen atoms in total. The number of anilines is 1. The zero-order valence-corrected chi connectivity index (χ0v) is 20.1. The van der Waals surface area contributed by atoms with Crippen molar-refractivity contribution in [1.82, 2.24) is 4.90 Å². The molecule has 1 atom stereocenters. The molecule has 1 fully saturated rings. The topological polar surface area (TPSA) is 101 Å². The van der Waals surface area contributed by atoms with Gasteiger partial charge in [-0.3, -0.25) is 24.5 Å². The Balaban J connectivity index is 1.68. The molecule has 184 valence electrons. The van der Waals surface area contributed by atoms with E-state index in [1.807, 2.05) is 0 Å². The molecule has 11 heteroatoms. The van der Waals surface area contributed by atoms with Crippen molar-refractivity contribution >= 4 is 52.3 Å². The molecule has 1 heterocycles. The SMILES string of the molecule is O=C1CC(N(CCc2cccc(Cl)c2)C(=O)c2ccc(Cl)c([N+](=O)[O-])c2)C(=O)N1c1ccc(F)cc1. The normalized spacial score (nSPS) is 15.3. The number of nitrogens with zero attached hydrogens (tertiary/aromatic N) is 3. The summed E-state index contributed by atoms with van der Waals surface area (Å²) in [6, 6.07) is 14.2. The predicted molar refractivity (Wildman–Crippen MR) is 132 cm³/mol. The average Bonchev–Trinajstić information content (AvgIpc) is 3.13. The van der Waals surface area contributed by atoms with Crippen LogP contribution in [-0.2, 0) is 16.0 Å². The molecule has 36 heavy (non-hydrogen) atoms. The molecule has 0 spiro atoms. The first-order chi connectivity index (χ1) is 17.2. The summed E-state index contributed by atoms with van der Waals surface area (Å²) in [4.78, 5) is 52.4. The highest BCUT2D eigenvalue weighted by atomic mass is 35.5. The van der Waals surface area contributed by atoms with E-state index in [-0.39, 0.29) is 29.2 Å². The molecule has 1 aliphatic heterocycles. The molecule has 1 unspecified atom stereocenters. The number of amides is 3.